The number of likely N-dealkylation sites (tertiary alicyclic amines) is 1. The molecule has 2 aromatic heterocycles. The minimum atomic E-state index is -1.07. The SMILES string of the molecule is C=C(F)C(=O)N1CCN(c2nc(OC[C@@H]3CCCN3C)nc3cc(-c4cccc5ccsc45)c(F)cc23)C[C@@H]1CC#N. The van der Waals surface area contributed by atoms with Crippen molar-refractivity contribution in [2.24, 2.45) is 0 Å². The lowest BCUT2D eigenvalue weighted by atomic mass is 10.0. The van der Waals surface area contributed by atoms with Crippen LogP contribution in [0.4, 0.5) is 14.6 Å². The average Bonchev–Trinajstić information content (AvgIpc) is 3.64. The highest BCUT2D eigenvalue weighted by molar-refractivity contribution is 7.17. The van der Waals surface area contributed by atoms with Crippen LogP contribution in [0.25, 0.3) is 32.1 Å². The van der Waals surface area contributed by atoms with E-state index in [0.717, 1.165) is 35.0 Å². The number of benzene rings is 2. The predicted octanol–water partition coefficient (Wildman–Crippen LogP) is 5.54. The molecule has 0 unspecified atom stereocenters. The van der Waals surface area contributed by atoms with Crippen LogP contribution in [0.2, 0.25) is 0 Å². The summed E-state index contributed by atoms with van der Waals surface area (Å²) in [5.74, 6) is -1.86. The predicted molar refractivity (Wildman–Crippen MR) is 160 cm³/mol. The Morgan fingerprint density at radius 2 is 2.05 bits per heavy atom. The number of halogens is 2. The summed E-state index contributed by atoms with van der Waals surface area (Å²) in [6.07, 6.45) is 2.11. The topological polar surface area (TPSA) is 85.6 Å². The molecule has 2 aliphatic heterocycles. The van der Waals surface area contributed by atoms with Gasteiger partial charge in [-0.05, 0) is 55.4 Å². The van der Waals surface area contributed by atoms with Gasteiger partial charge in [0.1, 0.15) is 18.2 Å². The van der Waals surface area contributed by atoms with E-state index >= 15 is 4.39 Å². The van der Waals surface area contributed by atoms with E-state index in [4.69, 9.17) is 14.7 Å². The summed E-state index contributed by atoms with van der Waals surface area (Å²) in [7, 11) is 2.07. The van der Waals surface area contributed by atoms with E-state index in [1.807, 2.05) is 34.5 Å². The zero-order valence-electron chi connectivity index (χ0n) is 23.2. The van der Waals surface area contributed by atoms with Crippen molar-refractivity contribution >= 4 is 44.1 Å². The first-order chi connectivity index (χ1) is 20.3. The maximum Gasteiger partial charge on any atom is 0.319 e. The molecule has 2 aliphatic rings. The number of anilines is 1. The Morgan fingerprint density at radius 3 is 2.81 bits per heavy atom. The van der Waals surface area contributed by atoms with Gasteiger partial charge in [0, 0.05) is 46.9 Å². The van der Waals surface area contributed by atoms with Gasteiger partial charge < -0.3 is 19.4 Å². The number of likely N-dealkylation sites (N-methyl/N-ethyl adjacent to an activating group) is 1. The number of thiophene rings is 1. The van der Waals surface area contributed by atoms with Crippen molar-refractivity contribution in [3.8, 4) is 23.2 Å². The molecule has 0 spiro atoms. The van der Waals surface area contributed by atoms with Crippen molar-refractivity contribution in [1.29, 1.82) is 5.26 Å². The van der Waals surface area contributed by atoms with Crippen LogP contribution in [0.15, 0.2) is 54.2 Å². The minimum Gasteiger partial charge on any atom is -0.462 e. The first kappa shape index (κ1) is 28.0. The summed E-state index contributed by atoms with van der Waals surface area (Å²) in [4.78, 5) is 27.4. The molecule has 0 N–H and O–H groups in total. The van der Waals surface area contributed by atoms with Crippen LogP contribution in [0.5, 0.6) is 6.01 Å². The van der Waals surface area contributed by atoms with Gasteiger partial charge in [-0.15, -0.1) is 11.3 Å². The Morgan fingerprint density at radius 1 is 1.19 bits per heavy atom. The first-order valence-electron chi connectivity index (χ1n) is 13.9. The molecule has 1 amide bonds. The normalized spacial score (nSPS) is 19.4. The number of ether oxygens (including phenoxy) is 1. The Hall–Kier alpha value is -4.14. The molecule has 42 heavy (non-hydrogen) atoms. The van der Waals surface area contributed by atoms with Crippen molar-refractivity contribution in [1.82, 2.24) is 19.8 Å². The highest BCUT2D eigenvalue weighted by atomic mass is 32.1. The van der Waals surface area contributed by atoms with Gasteiger partial charge in [-0.2, -0.15) is 15.2 Å². The van der Waals surface area contributed by atoms with Gasteiger partial charge in [0.2, 0.25) is 0 Å². The molecule has 0 radical (unpaired) electrons. The molecular weight excluding hydrogens is 558 g/mol. The van der Waals surface area contributed by atoms with Crippen LogP contribution in [-0.2, 0) is 4.79 Å². The Balaban J connectivity index is 1.42. The average molecular weight is 589 g/mol. The summed E-state index contributed by atoms with van der Waals surface area (Å²) in [6.45, 7) is 5.22. The number of nitrogens with zero attached hydrogens (tertiary/aromatic N) is 6. The molecular formula is C31H30F2N6O2S. The number of carbonyl (C=O) groups excluding carboxylic acids is 1. The number of aromatic nitrogens is 2. The highest BCUT2D eigenvalue weighted by Gasteiger charge is 2.33. The molecule has 11 heteroatoms. The monoisotopic (exact) mass is 588 g/mol. The number of rotatable bonds is 7. The molecule has 0 saturated carbocycles. The standard InChI is InChI=1S/C31H30F2N6O2S/c1-19(32)30(40)39-13-12-38(17-21(39)8-10-34)29-25-15-26(33)24(23-7-3-5-20-9-14-42-28(20)23)16-27(25)35-31(36-29)41-18-22-6-4-11-37(22)2/h3,5,7,9,14-16,21-22H,1,4,6,8,11-13,17-18H2,2H3/t21-,22-/m0/s1. The summed E-state index contributed by atoms with van der Waals surface area (Å²) in [5, 5.41) is 13.0. The van der Waals surface area contributed by atoms with Crippen molar-refractivity contribution in [3.05, 3.63) is 60.0 Å². The summed E-state index contributed by atoms with van der Waals surface area (Å²) in [5.41, 5.74) is 1.73. The number of nitriles is 1. The number of carbonyl (C=O) groups is 1. The quantitative estimate of drug-likeness (QED) is 0.262. The molecule has 8 nitrogen and oxygen atoms in total. The highest BCUT2D eigenvalue weighted by Crippen LogP contribution is 2.38. The van der Waals surface area contributed by atoms with Gasteiger partial charge in [0.15, 0.2) is 5.83 Å². The molecule has 6 rings (SSSR count). The van der Waals surface area contributed by atoms with Crippen LogP contribution >= 0.6 is 11.3 Å². The van der Waals surface area contributed by atoms with Crippen molar-refractivity contribution in [2.75, 3.05) is 44.7 Å². The largest absolute Gasteiger partial charge is 0.462 e. The number of fused-ring (bicyclic) bond motifs is 2. The Bertz CT molecular complexity index is 1720. The first-order valence-corrected chi connectivity index (χ1v) is 14.8. The van der Waals surface area contributed by atoms with Gasteiger partial charge in [-0.1, -0.05) is 24.8 Å². The Kier molecular flexibility index (Phi) is 7.75. The third-order valence-corrected chi connectivity index (χ3v) is 9.15. The Labute approximate surface area is 246 Å². The van der Waals surface area contributed by atoms with Crippen LogP contribution in [0.1, 0.15) is 19.3 Å². The summed E-state index contributed by atoms with van der Waals surface area (Å²) in [6, 6.07) is 12.9. The molecule has 4 heterocycles. The van der Waals surface area contributed by atoms with Crippen LogP contribution in [0.3, 0.4) is 0 Å². The maximum atomic E-state index is 15.9. The molecule has 4 aromatic rings. The molecule has 2 saturated heterocycles. The van der Waals surface area contributed by atoms with Crippen LogP contribution < -0.4 is 9.64 Å². The fraction of sp³-hybridized carbons (Fsp3) is 0.355. The fourth-order valence-electron chi connectivity index (χ4n) is 5.94. The lowest BCUT2D eigenvalue weighted by Crippen LogP contribution is -2.55. The summed E-state index contributed by atoms with van der Waals surface area (Å²) < 4.78 is 36.8. The molecule has 2 atom stereocenters. The van der Waals surface area contributed by atoms with Crippen LogP contribution in [0, 0.1) is 17.1 Å². The van der Waals surface area contributed by atoms with E-state index in [9.17, 15) is 14.4 Å². The molecule has 2 aromatic carbocycles. The van der Waals surface area contributed by atoms with Crippen molar-refractivity contribution in [3.63, 3.8) is 0 Å². The van der Waals surface area contributed by atoms with E-state index in [2.05, 4.69) is 24.6 Å². The third kappa shape index (κ3) is 5.28. The van der Waals surface area contributed by atoms with E-state index in [0.29, 0.717) is 35.4 Å². The molecule has 0 aliphatic carbocycles. The van der Waals surface area contributed by atoms with Gasteiger partial charge >= 0.3 is 6.01 Å². The van der Waals surface area contributed by atoms with Crippen molar-refractivity contribution < 1.29 is 18.3 Å². The van der Waals surface area contributed by atoms with Gasteiger partial charge in [0.25, 0.3) is 5.91 Å². The molecule has 216 valence electrons. The number of hydrogen-bond acceptors (Lipinski definition) is 8. The number of hydrogen-bond donors (Lipinski definition) is 0. The molecule has 0 bridgehead atoms. The van der Waals surface area contributed by atoms with Gasteiger partial charge in [-0.25, -0.2) is 8.78 Å². The second-order valence-corrected chi connectivity index (χ2v) is 11.7. The van der Waals surface area contributed by atoms with E-state index < -0.39 is 23.6 Å². The second kappa shape index (κ2) is 11.6. The van der Waals surface area contributed by atoms with Gasteiger partial charge in [-0.3, -0.25) is 4.79 Å². The smallest absolute Gasteiger partial charge is 0.319 e. The minimum absolute atomic E-state index is 0.000757. The van der Waals surface area contributed by atoms with E-state index in [-0.39, 0.29) is 31.6 Å². The van der Waals surface area contributed by atoms with Crippen molar-refractivity contribution in [2.45, 2.75) is 31.3 Å². The zero-order valence-corrected chi connectivity index (χ0v) is 24.0. The van der Waals surface area contributed by atoms with E-state index in [1.54, 1.807) is 17.4 Å². The third-order valence-electron chi connectivity index (χ3n) is 8.19. The number of piperazine rings is 1. The fourth-order valence-corrected chi connectivity index (χ4v) is 6.87. The molecule has 2 fully saturated rings. The number of amides is 1. The lowest BCUT2D eigenvalue weighted by molar-refractivity contribution is -0.131. The van der Waals surface area contributed by atoms with Crippen LogP contribution in [-0.4, -0.2) is 77.6 Å². The summed E-state index contributed by atoms with van der Waals surface area (Å²) >= 11 is 1.56. The van der Waals surface area contributed by atoms with E-state index in [1.165, 1.54) is 11.0 Å². The van der Waals surface area contributed by atoms with Gasteiger partial charge in [0.05, 0.1) is 24.0 Å². The zero-order chi connectivity index (χ0) is 29.4. The maximum absolute atomic E-state index is 15.9. The lowest BCUT2D eigenvalue weighted by Gasteiger charge is -2.41. The second-order valence-electron chi connectivity index (χ2n) is 10.8.